The first-order chi connectivity index (χ1) is 1.73. The molecule has 32 valence electrons. The van der Waals surface area contributed by atoms with E-state index in [0.717, 1.165) is 0 Å². The number of hydrogen-bond acceptors (Lipinski definition) is 3. The Morgan fingerprint density at radius 1 is 1.12 bits per heavy atom. The molecule has 0 radical (unpaired) electrons. The van der Waals surface area contributed by atoms with Crippen molar-refractivity contribution in [2.45, 2.75) is 0 Å². The van der Waals surface area contributed by atoms with Gasteiger partial charge < -0.3 is 20.5 Å². The fourth-order valence-corrected chi connectivity index (χ4v) is 0. The predicted octanol–water partition coefficient (Wildman–Crippen LogP) is -8.94. The van der Waals surface area contributed by atoms with Crippen LogP contribution in [0.5, 0.6) is 0 Å². The van der Waals surface area contributed by atoms with Crippen LogP contribution in [0.2, 0.25) is 0 Å². The van der Waals surface area contributed by atoms with Gasteiger partial charge in [0, 0.05) is 0 Å². The van der Waals surface area contributed by atoms with Crippen molar-refractivity contribution in [3.05, 3.63) is 0 Å². The molecule has 0 amide bonds. The van der Waals surface area contributed by atoms with Crippen LogP contribution in [-0.4, -0.2) is 29.2 Å². The van der Waals surface area contributed by atoms with Crippen molar-refractivity contribution >= 4 is 29.2 Å². The second-order valence-corrected chi connectivity index (χ2v) is 0.250. The average Bonchev–Trinajstić information content (AvgIpc) is 0.811. The monoisotopic (exact) mass is 146 g/mol. The zero-order valence-corrected chi connectivity index (χ0v) is 10.3. The number of hydrogen-bond donors (Lipinski definition) is 0. The van der Waals surface area contributed by atoms with E-state index in [1.165, 1.54) is 0 Å². The molecule has 0 aromatic rings. The average molecular weight is 146 g/mol. The van der Waals surface area contributed by atoms with Crippen LogP contribution in [0, 0.1) is 0 Å². The van der Waals surface area contributed by atoms with Gasteiger partial charge >= 0.3 is 82.2 Å². The van der Waals surface area contributed by atoms with Crippen molar-refractivity contribution in [2.24, 2.45) is 0 Å². The Bertz CT molecular complexity index is 37.0. The van der Waals surface area contributed by atoms with Gasteiger partial charge in [0.25, 0.3) is 0 Å². The molecule has 0 aliphatic heterocycles. The minimum Gasteiger partial charge on any atom is -2.00 e. The first kappa shape index (κ1) is 32.4. The summed E-state index contributed by atoms with van der Waals surface area (Å²) < 4.78 is 0. The minimum atomic E-state index is -2.33. The van der Waals surface area contributed by atoms with Crippen LogP contribution >= 0.6 is 0 Å². The number of carbonyl (C=O) groups is 1. The van der Waals surface area contributed by atoms with Crippen molar-refractivity contribution in [3.8, 4) is 0 Å². The summed E-state index contributed by atoms with van der Waals surface area (Å²) in [5, 5.41) is 16.7. The zero-order chi connectivity index (χ0) is 3.58. The fourth-order valence-electron chi connectivity index (χ4n) is 0. The van der Waals surface area contributed by atoms with Gasteiger partial charge in [-0.1, -0.05) is 0 Å². The summed E-state index contributed by atoms with van der Waals surface area (Å²) in [5.41, 5.74) is 0. The normalized spacial score (nSPS) is 3.00. The standard InChI is InChI=1S/CH2O3.Mg.2Na.O/c2-1(3)4;;;;/h(H2,2,3,4);;;;/q;+2;2*+1;-2/p-2. The first-order valence-electron chi connectivity index (χ1n) is 0.612. The third-order valence-electron chi connectivity index (χ3n) is 0. The van der Waals surface area contributed by atoms with E-state index in [4.69, 9.17) is 15.0 Å². The van der Waals surface area contributed by atoms with Crippen molar-refractivity contribution in [1.29, 1.82) is 0 Å². The van der Waals surface area contributed by atoms with Crippen molar-refractivity contribution in [1.82, 2.24) is 0 Å². The summed E-state index contributed by atoms with van der Waals surface area (Å²) in [5.74, 6) is 0. The maximum absolute atomic E-state index is 8.33. The molecule has 0 aromatic heterocycles. The molecule has 0 fully saturated rings. The maximum Gasteiger partial charge on any atom is 2.00 e. The van der Waals surface area contributed by atoms with E-state index < -0.39 is 6.16 Å². The summed E-state index contributed by atoms with van der Waals surface area (Å²) in [6.45, 7) is 0. The van der Waals surface area contributed by atoms with Crippen LogP contribution in [0.3, 0.4) is 0 Å². The van der Waals surface area contributed by atoms with Gasteiger partial charge in [-0.2, -0.15) is 0 Å². The van der Waals surface area contributed by atoms with E-state index in [0.29, 0.717) is 0 Å². The molecule has 8 heavy (non-hydrogen) atoms. The molecule has 7 heteroatoms. The van der Waals surface area contributed by atoms with E-state index in [-0.39, 0.29) is 87.6 Å². The fraction of sp³-hybridized carbons (Fsp3) is 0. The Balaban J connectivity index is -0.00000000750. The summed E-state index contributed by atoms with van der Waals surface area (Å²) in [4.78, 5) is 8.33. The Morgan fingerprint density at radius 2 is 1.12 bits per heavy atom. The van der Waals surface area contributed by atoms with E-state index in [9.17, 15) is 0 Å². The molecule has 0 aliphatic carbocycles. The third-order valence-corrected chi connectivity index (χ3v) is 0. The largest absolute Gasteiger partial charge is 2.00 e. The maximum atomic E-state index is 8.33. The molecule has 0 heterocycles. The van der Waals surface area contributed by atoms with Crippen LogP contribution in [-0.2, 0) is 5.48 Å². The summed E-state index contributed by atoms with van der Waals surface area (Å²) in [7, 11) is 0. The Kier molecular flexibility index (Phi) is 93.4. The van der Waals surface area contributed by atoms with Gasteiger partial charge in [-0.3, -0.25) is 0 Å². The SMILES string of the molecule is O=C([O-])[O-].[Mg+2].[Na+].[Na+].[O-2]. The van der Waals surface area contributed by atoms with Crippen LogP contribution in [0.15, 0.2) is 0 Å². The Morgan fingerprint density at radius 3 is 1.12 bits per heavy atom. The molecule has 0 saturated carbocycles. The minimum absolute atomic E-state index is 0. The number of carbonyl (C=O) groups excluding carboxylic acids is 1. The molecule has 0 aromatic carbocycles. The Hall–Kier alpha value is 2.00. The second kappa shape index (κ2) is 23.0. The number of carboxylic acid groups (broad SMARTS) is 2. The molecular formula is CMgNa2O4. The summed E-state index contributed by atoms with van der Waals surface area (Å²) in [6, 6.07) is 0. The number of rotatable bonds is 0. The molecule has 0 N–H and O–H groups in total. The Labute approximate surface area is 107 Å². The molecule has 0 rings (SSSR count). The molecule has 0 unspecified atom stereocenters. The molecule has 0 bridgehead atoms. The molecule has 4 nitrogen and oxygen atoms in total. The first-order valence-corrected chi connectivity index (χ1v) is 0.612. The molecule has 0 aliphatic rings. The van der Waals surface area contributed by atoms with Gasteiger partial charge in [0.1, 0.15) is 0 Å². The summed E-state index contributed by atoms with van der Waals surface area (Å²) in [6.07, 6.45) is -2.33. The van der Waals surface area contributed by atoms with E-state index in [2.05, 4.69) is 0 Å². The van der Waals surface area contributed by atoms with Crippen LogP contribution in [0.25, 0.3) is 0 Å². The predicted molar refractivity (Wildman–Crippen MR) is 11.8 cm³/mol. The van der Waals surface area contributed by atoms with Crippen LogP contribution < -0.4 is 69.3 Å². The molecular weight excluding hydrogens is 146 g/mol. The molecule has 0 saturated heterocycles. The van der Waals surface area contributed by atoms with Crippen LogP contribution in [0.1, 0.15) is 0 Å². The third kappa shape index (κ3) is 98.2. The van der Waals surface area contributed by atoms with Crippen molar-refractivity contribution < 1.29 is 79.6 Å². The van der Waals surface area contributed by atoms with Gasteiger partial charge in [0.05, 0.1) is 0 Å². The quantitative estimate of drug-likeness (QED) is 0.318. The topological polar surface area (TPSA) is 91.7 Å². The second-order valence-electron chi connectivity index (χ2n) is 0.250. The summed E-state index contributed by atoms with van der Waals surface area (Å²) >= 11 is 0. The molecule has 0 atom stereocenters. The van der Waals surface area contributed by atoms with E-state index in [1.54, 1.807) is 0 Å². The van der Waals surface area contributed by atoms with Gasteiger partial charge in [-0.15, -0.1) is 0 Å². The zero-order valence-electron chi connectivity index (χ0n) is 4.84. The smallest absolute Gasteiger partial charge is 2.00 e. The van der Waals surface area contributed by atoms with Gasteiger partial charge in [0.2, 0.25) is 0 Å². The molecule has 0 spiro atoms. The van der Waals surface area contributed by atoms with Gasteiger partial charge in [-0.25, -0.2) is 0 Å². The van der Waals surface area contributed by atoms with Crippen molar-refractivity contribution in [2.75, 3.05) is 0 Å². The van der Waals surface area contributed by atoms with E-state index >= 15 is 0 Å². The van der Waals surface area contributed by atoms with Gasteiger partial charge in [-0.05, 0) is 6.16 Å². The van der Waals surface area contributed by atoms with Crippen molar-refractivity contribution in [3.63, 3.8) is 0 Å². The van der Waals surface area contributed by atoms with E-state index in [1.807, 2.05) is 0 Å². The van der Waals surface area contributed by atoms with Crippen LogP contribution in [0.4, 0.5) is 4.79 Å². The van der Waals surface area contributed by atoms with Gasteiger partial charge in [0.15, 0.2) is 0 Å².